The van der Waals surface area contributed by atoms with E-state index in [4.69, 9.17) is 0 Å². The maximum Gasteiger partial charge on any atom is 0.243 e. The van der Waals surface area contributed by atoms with Crippen molar-refractivity contribution in [3.05, 3.63) is 34.9 Å². The third-order valence-electron chi connectivity index (χ3n) is 4.48. The third kappa shape index (κ3) is 3.07. The normalized spacial score (nSPS) is 22.6. The summed E-state index contributed by atoms with van der Waals surface area (Å²) in [7, 11) is 0. The lowest BCUT2D eigenvalue weighted by Gasteiger charge is -2.29. The van der Waals surface area contributed by atoms with Crippen molar-refractivity contribution in [3.8, 4) is 0 Å². The number of amides is 2. The SMILES string of the molecule is CC(C)(C)Cc1cccc2c1CN(C1CCC(=O)NC1=O)C2. The van der Waals surface area contributed by atoms with Gasteiger partial charge in [0, 0.05) is 19.5 Å². The van der Waals surface area contributed by atoms with Gasteiger partial charge in [-0.25, -0.2) is 0 Å². The van der Waals surface area contributed by atoms with Crippen molar-refractivity contribution in [3.63, 3.8) is 0 Å². The van der Waals surface area contributed by atoms with Gasteiger partial charge in [0.2, 0.25) is 11.8 Å². The van der Waals surface area contributed by atoms with Crippen LogP contribution in [0.2, 0.25) is 0 Å². The van der Waals surface area contributed by atoms with Crippen molar-refractivity contribution >= 4 is 11.8 Å². The molecule has 1 atom stereocenters. The monoisotopic (exact) mass is 300 g/mol. The summed E-state index contributed by atoms with van der Waals surface area (Å²) in [6.07, 6.45) is 2.12. The molecule has 1 aromatic rings. The molecule has 4 nitrogen and oxygen atoms in total. The van der Waals surface area contributed by atoms with Crippen LogP contribution in [0.4, 0.5) is 0 Å². The van der Waals surface area contributed by atoms with Crippen molar-refractivity contribution in [1.82, 2.24) is 10.2 Å². The predicted octanol–water partition coefficient (Wildman–Crippen LogP) is 2.40. The van der Waals surface area contributed by atoms with E-state index < -0.39 is 0 Å². The molecule has 0 radical (unpaired) electrons. The second-order valence-electron chi connectivity index (χ2n) is 7.66. The molecular weight excluding hydrogens is 276 g/mol. The molecule has 1 unspecified atom stereocenters. The highest BCUT2D eigenvalue weighted by atomic mass is 16.2. The number of fused-ring (bicyclic) bond motifs is 1. The molecule has 2 aliphatic heterocycles. The van der Waals surface area contributed by atoms with E-state index in [9.17, 15) is 9.59 Å². The lowest BCUT2D eigenvalue weighted by molar-refractivity contribution is -0.137. The smallest absolute Gasteiger partial charge is 0.243 e. The second-order valence-corrected chi connectivity index (χ2v) is 7.66. The Labute approximate surface area is 131 Å². The molecule has 1 aromatic carbocycles. The van der Waals surface area contributed by atoms with E-state index in [1.54, 1.807) is 0 Å². The number of piperidine rings is 1. The van der Waals surface area contributed by atoms with E-state index in [-0.39, 0.29) is 23.3 Å². The number of hydrogen-bond acceptors (Lipinski definition) is 3. The molecule has 0 spiro atoms. The van der Waals surface area contributed by atoms with Gasteiger partial charge in [-0.1, -0.05) is 39.0 Å². The molecule has 1 saturated heterocycles. The first-order chi connectivity index (χ1) is 10.3. The molecule has 0 aliphatic carbocycles. The molecule has 4 heteroatoms. The van der Waals surface area contributed by atoms with Crippen LogP contribution in [0.25, 0.3) is 0 Å². The average Bonchev–Trinajstić information content (AvgIpc) is 2.81. The summed E-state index contributed by atoms with van der Waals surface area (Å²) in [4.78, 5) is 25.6. The minimum absolute atomic E-state index is 0.138. The topological polar surface area (TPSA) is 49.4 Å². The van der Waals surface area contributed by atoms with Gasteiger partial charge in [0.25, 0.3) is 0 Å². The van der Waals surface area contributed by atoms with E-state index >= 15 is 0 Å². The Morgan fingerprint density at radius 3 is 2.68 bits per heavy atom. The number of benzene rings is 1. The lowest BCUT2D eigenvalue weighted by Crippen LogP contribution is -2.50. The first-order valence-electron chi connectivity index (χ1n) is 8.01. The van der Waals surface area contributed by atoms with Crippen molar-refractivity contribution in [2.45, 2.75) is 59.2 Å². The van der Waals surface area contributed by atoms with Crippen molar-refractivity contribution in [2.75, 3.05) is 0 Å². The zero-order chi connectivity index (χ0) is 15.9. The number of nitrogens with one attached hydrogen (secondary N) is 1. The summed E-state index contributed by atoms with van der Waals surface area (Å²) >= 11 is 0. The van der Waals surface area contributed by atoms with Crippen molar-refractivity contribution < 1.29 is 9.59 Å². The zero-order valence-electron chi connectivity index (χ0n) is 13.6. The Balaban J connectivity index is 1.79. The molecule has 1 N–H and O–H groups in total. The maximum atomic E-state index is 12.1. The van der Waals surface area contributed by atoms with Gasteiger partial charge in [-0.3, -0.25) is 19.8 Å². The van der Waals surface area contributed by atoms with E-state index in [2.05, 4.69) is 49.2 Å². The minimum Gasteiger partial charge on any atom is -0.295 e. The highest BCUT2D eigenvalue weighted by molar-refractivity contribution is 6.00. The van der Waals surface area contributed by atoms with Crippen LogP contribution in [0.3, 0.4) is 0 Å². The summed E-state index contributed by atoms with van der Waals surface area (Å²) in [5.74, 6) is -0.284. The van der Waals surface area contributed by atoms with Crippen LogP contribution < -0.4 is 5.32 Å². The maximum absolute atomic E-state index is 12.1. The van der Waals surface area contributed by atoms with Crippen LogP contribution >= 0.6 is 0 Å². The first-order valence-corrected chi connectivity index (χ1v) is 8.01. The Bertz CT molecular complexity index is 616. The highest BCUT2D eigenvalue weighted by Gasteiger charge is 2.35. The van der Waals surface area contributed by atoms with Gasteiger partial charge in [-0.15, -0.1) is 0 Å². The van der Waals surface area contributed by atoms with Gasteiger partial charge in [0.05, 0.1) is 6.04 Å². The summed E-state index contributed by atoms with van der Waals surface area (Å²) in [5.41, 5.74) is 4.34. The van der Waals surface area contributed by atoms with Crippen molar-refractivity contribution in [1.29, 1.82) is 0 Å². The molecule has 3 rings (SSSR count). The average molecular weight is 300 g/mol. The molecule has 2 aliphatic rings. The van der Waals surface area contributed by atoms with Gasteiger partial charge in [-0.05, 0) is 34.9 Å². The van der Waals surface area contributed by atoms with Crippen LogP contribution in [0.5, 0.6) is 0 Å². The van der Waals surface area contributed by atoms with Crippen molar-refractivity contribution in [2.24, 2.45) is 5.41 Å². The highest BCUT2D eigenvalue weighted by Crippen LogP contribution is 2.32. The number of hydrogen-bond donors (Lipinski definition) is 1. The zero-order valence-corrected chi connectivity index (χ0v) is 13.6. The standard InChI is InChI=1S/C18H24N2O2/c1-18(2,3)9-12-5-4-6-13-10-20(11-14(12)13)15-7-8-16(21)19-17(15)22/h4-6,15H,7-11H2,1-3H3,(H,19,21,22). The molecule has 0 saturated carbocycles. The van der Waals surface area contributed by atoms with Crippen LogP contribution in [-0.4, -0.2) is 22.8 Å². The fraction of sp³-hybridized carbons (Fsp3) is 0.556. The number of nitrogens with zero attached hydrogens (tertiary/aromatic N) is 1. The number of carbonyl (C=O) groups is 2. The predicted molar refractivity (Wildman–Crippen MR) is 85.0 cm³/mol. The van der Waals surface area contributed by atoms with Gasteiger partial charge in [-0.2, -0.15) is 0 Å². The van der Waals surface area contributed by atoms with Gasteiger partial charge >= 0.3 is 0 Å². The quantitative estimate of drug-likeness (QED) is 0.853. The molecule has 1 fully saturated rings. The molecule has 2 heterocycles. The molecular formula is C18H24N2O2. The van der Waals surface area contributed by atoms with Gasteiger partial charge in [0.1, 0.15) is 0 Å². The Morgan fingerprint density at radius 1 is 1.23 bits per heavy atom. The lowest BCUT2D eigenvalue weighted by atomic mass is 9.85. The van der Waals surface area contributed by atoms with E-state index in [0.717, 1.165) is 19.5 Å². The van der Waals surface area contributed by atoms with Crippen LogP contribution in [0, 0.1) is 5.41 Å². The number of imide groups is 1. The fourth-order valence-corrected chi connectivity index (χ4v) is 3.50. The van der Waals surface area contributed by atoms with Crippen LogP contribution in [0.15, 0.2) is 18.2 Å². The Hall–Kier alpha value is -1.68. The van der Waals surface area contributed by atoms with E-state index in [0.29, 0.717) is 12.8 Å². The molecule has 0 aromatic heterocycles. The second kappa shape index (κ2) is 5.51. The van der Waals surface area contributed by atoms with E-state index in [1.165, 1.54) is 16.7 Å². The molecule has 0 bridgehead atoms. The molecule has 2 amide bonds. The Morgan fingerprint density at radius 2 is 2.00 bits per heavy atom. The van der Waals surface area contributed by atoms with Gasteiger partial charge in [0.15, 0.2) is 0 Å². The largest absolute Gasteiger partial charge is 0.295 e. The number of rotatable bonds is 2. The van der Waals surface area contributed by atoms with E-state index in [1.807, 2.05) is 0 Å². The third-order valence-corrected chi connectivity index (χ3v) is 4.48. The first kappa shape index (κ1) is 15.2. The summed E-state index contributed by atoms with van der Waals surface area (Å²) in [6, 6.07) is 6.31. The van der Waals surface area contributed by atoms with Crippen LogP contribution in [-0.2, 0) is 29.1 Å². The van der Waals surface area contributed by atoms with Gasteiger partial charge < -0.3 is 0 Å². The Kier molecular flexibility index (Phi) is 3.81. The molecule has 22 heavy (non-hydrogen) atoms. The summed E-state index contributed by atoms with van der Waals surface area (Å²) in [6.45, 7) is 8.37. The molecule has 118 valence electrons. The van der Waals surface area contributed by atoms with Crippen LogP contribution in [0.1, 0.15) is 50.3 Å². The minimum atomic E-state index is -0.174. The summed E-state index contributed by atoms with van der Waals surface area (Å²) in [5, 5.41) is 2.47. The fourth-order valence-electron chi connectivity index (χ4n) is 3.50. The number of carbonyl (C=O) groups excluding carboxylic acids is 2. The summed E-state index contributed by atoms with van der Waals surface area (Å²) < 4.78 is 0.